The topological polar surface area (TPSA) is 21.6 Å². The van der Waals surface area contributed by atoms with Crippen LogP contribution in [-0.2, 0) is 10.4 Å². The van der Waals surface area contributed by atoms with Crippen LogP contribution < -0.4 is 0 Å². The maximum Gasteiger partial charge on any atom is 0.170 e. The van der Waals surface area contributed by atoms with Gasteiger partial charge in [0, 0.05) is 12.3 Å². The SMILES string of the molecule is CC(C)C1(c2ccccc2)C[C]=NO1. The van der Waals surface area contributed by atoms with Crippen LogP contribution in [0.5, 0.6) is 0 Å². The van der Waals surface area contributed by atoms with E-state index < -0.39 is 0 Å². The molecule has 1 radical (unpaired) electrons. The molecule has 0 spiro atoms. The number of benzene rings is 1. The molecule has 0 fully saturated rings. The number of hydrogen-bond acceptors (Lipinski definition) is 2. The molecule has 1 heterocycles. The molecule has 0 saturated heterocycles. The van der Waals surface area contributed by atoms with Crippen LogP contribution >= 0.6 is 0 Å². The molecule has 0 saturated carbocycles. The molecule has 0 amide bonds. The minimum atomic E-state index is -0.290. The van der Waals surface area contributed by atoms with Gasteiger partial charge < -0.3 is 4.84 Å². The van der Waals surface area contributed by atoms with E-state index in [1.54, 1.807) is 0 Å². The summed E-state index contributed by atoms with van der Waals surface area (Å²) in [7, 11) is 0. The summed E-state index contributed by atoms with van der Waals surface area (Å²) in [6, 6.07) is 10.2. The van der Waals surface area contributed by atoms with Crippen molar-refractivity contribution in [2.75, 3.05) is 0 Å². The Morgan fingerprint density at radius 3 is 2.57 bits per heavy atom. The van der Waals surface area contributed by atoms with Crippen molar-refractivity contribution in [3.63, 3.8) is 0 Å². The Morgan fingerprint density at radius 2 is 2.07 bits per heavy atom. The van der Waals surface area contributed by atoms with E-state index in [2.05, 4.69) is 37.4 Å². The van der Waals surface area contributed by atoms with Crippen molar-refractivity contribution in [3.05, 3.63) is 35.9 Å². The highest BCUT2D eigenvalue weighted by Crippen LogP contribution is 2.39. The van der Waals surface area contributed by atoms with Crippen LogP contribution in [0.2, 0.25) is 0 Å². The predicted octanol–water partition coefficient (Wildman–Crippen LogP) is 2.82. The van der Waals surface area contributed by atoms with Gasteiger partial charge in [-0.15, -0.1) is 0 Å². The quantitative estimate of drug-likeness (QED) is 0.699. The molecule has 1 aromatic rings. The molecule has 0 aliphatic carbocycles. The van der Waals surface area contributed by atoms with Crippen molar-refractivity contribution >= 4 is 6.21 Å². The third-order valence-corrected chi connectivity index (χ3v) is 2.81. The molecular formula is C12H14NO. The Bertz CT molecular complexity index is 321. The molecule has 1 atom stereocenters. The molecule has 2 rings (SSSR count). The first-order chi connectivity index (χ1) is 6.76. The molecule has 1 unspecified atom stereocenters. The molecule has 1 aromatic carbocycles. The van der Waals surface area contributed by atoms with Gasteiger partial charge in [-0.25, -0.2) is 0 Å². The fourth-order valence-electron chi connectivity index (χ4n) is 1.81. The van der Waals surface area contributed by atoms with E-state index in [1.165, 1.54) is 5.56 Å². The Morgan fingerprint density at radius 1 is 1.36 bits per heavy atom. The zero-order valence-electron chi connectivity index (χ0n) is 8.53. The van der Waals surface area contributed by atoms with Crippen molar-refractivity contribution < 1.29 is 4.84 Å². The van der Waals surface area contributed by atoms with Crippen LogP contribution in [0.4, 0.5) is 0 Å². The second-order valence-electron chi connectivity index (χ2n) is 3.93. The second kappa shape index (κ2) is 3.45. The van der Waals surface area contributed by atoms with Gasteiger partial charge >= 0.3 is 0 Å². The fourth-order valence-corrected chi connectivity index (χ4v) is 1.81. The van der Waals surface area contributed by atoms with E-state index in [1.807, 2.05) is 18.2 Å². The molecular weight excluding hydrogens is 174 g/mol. The summed E-state index contributed by atoms with van der Waals surface area (Å²) in [5.41, 5.74) is 0.894. The van der Waals surface area contributed by atoms with Crippen LogP contribution in [0.1, 0.15) is 25.8 Å². The van der Waals surface area contributed by atoms with E-state index in [0.717, 1.165) is 6.42 Å². The average molecular weight is 188 g/mol. The summed E-state index contributed by atoms with van der Waals surface area (Å²) >= 11 is 0. The molecule has 2 heteroatoms. The maximum absolute atomic E-state index is 5.50. The first-order valence-electron chi connectivity index (χ1n) is 4.92. The van der Waals surface area contributed by atoms with Gasteiger partial charge in [-0.05, 0) is 5.56 Å². The van der Waals surface area contributed by atoms with E-state index >= 15 is 0 Å². The summed E-state index contributed by atoms with van der Waals surface area (Å²) in [4.78, 5) is 5.50. The third kappa shape index (κ3) is 1.31. The van der Waals surface area contributed by atoms with Gasteiger partial charge in [0.15, 0.2) is 5.60 Å². The molecule has 2 nitrogen and oxygen atoms in total. The first kappa shape index (κ1) is 9.25. The van der Waals surface area contributed by atoms with Crippen molar-refractivity contribution in [2.24, 2.45) is 11.1 Å². The van der Waals surface area contributed by atoms with Gasteiger partial charge in [0.25, 0.3) is 0 Å². The minimum Gasteiger partial charge on any atom is -0.383 e. The number of hydrogen-bond donors (Lipinski definition) is 0. The zero-order valence-corrected chi connectivity index (χ0v) is 8.53. The maximum atomic E-state index is 5.50. The lowest BCUT2D eigenvalue weighted by Crippen LogP contribution is -2.31. The normalized spacial score (nSPS) is 25.4. The summed E-state index contributed by atoms with van der Waals surface area (Å²) in [6.07, 6.45) is 3.64. The van der Waals surface area contributed by atoms with Crippen molar-refractivity contribution in [1.29, 1.82) is 0 Å². The second-order valence-corrected chi connectivity index (χ2v) is 3.93. The van der Waals surface area contributed by atoms with Crippen molar-refractivity contribution in [3.8, 4) is 0 Å². The smallest absolute Gasteiger partial charge is 0.170 e. The molecule has 73 valence electrons. The highest BCUT2D eigenvalue weighted by atomic mass is 16.7. The van der Waals surface area contributed by atoms with Gasteiger partial charge in [0.2, 0.25) is 0 Å². The van der Waals surface area contributed by atoms with Crippen LogP contribution in [0.15, 0.2) is 35.5 Å². The van der Waals surface area contributed by atoms with Crippen LogP contribution in [-0.4, -0.2) is 6.21 Å². The molecule has 14 heavy (non-hydrogen) atoms. The van der Waals surface area contributed by atoms with Gasteiger partial charge in [-0.2, -0.15) is 0 Å². The van der Waals surface area contributed by atoms with Crippen LogP contribution in [0.25, 0.3) is 0 Å². The standard InChI is InChI=1S/C12H14NO/c1-10(2)12(8-9-13-14-12)11-6-4-3-5-7-11/h3-7,10H,8H2,1-2H3. The van der Waals surface area contributed by atoms with E-state index in [0.29, 0.717) is 5.92 Å². The molecule has 1 aliphatic rings. The van der Waals surface area contributed by atoms with Gasteiger partial charge in [0.1, 0.15) is 6.21 Å². The number of rotatable bonds is 2. The third-order valence-electron chi connectivity index (χ3n) is 2.81. The van der Waals surface area contributed by atoms with Gasteiger partial charge in [-0.1, -0.05) is 49.3 Å². The summed E-state index contributed by atoms with van der Waals surface area (Å²) in [6.45, 7) is 4.30. The lowest BCUT2D eigenvalue weighted by atomic mass is 9.81. The van der Waals surface area contributed by atoms with E-state index in [4.69, 9.17) is 4.84 Å². The predicted molar refractivity (Wildman–Crippen MR) is 56.1 cm³/mol. The Labute approximate surface area is 84.6 Å². The Hall–Kier alpha value is -1.31. The van der Waals surface area contributed by atoms with E-state index in [9.17, 15) is 0 Å². The van der Waals surface area contributed by atoms with E-state index in [-0.39, 0.29) is 5.60 Å². The van der Waals surface area contributed by atoms with Gasteiger partial charge in [-0.3, -0.25) is 0 Å². The molecule has 1 aliphatic heterocycles. The Kier molecular flexibility index (Phi) is 2.28. The Balaban J connectivity index is 2.38. The highest BCUT2D eigenvalue weighted by molar-refractivity contribution is 5.61. The summed E-state index contributed by atoms with van der Waals surface area (Å²) in [5, 5.41) is 3.78. The highest BCUT2D eigenvalue weighted by Gasteiger charge is 2.40. The summed E-state index contributed by atoms with van der Waals surface area (Å²) in [5.74, 6) is 0.392. The summed E-state index contributed by atoms with van der Waals surface area (Å²) < 4.78 is 0. The largest absolute Gasteiger partial charge is 0.383 e. The van der Waals surface area contributed by atoms with Crippen molar-refractivity contribution in [1.82, 2.24) is 0 Å². The monoisotopic (exact) mass is 188 g/mol. The van der Waals surface area contributed by atoms with Gasteiger partial charge in [0.05, 0.1) is 0 Å². The zero-order chi connectivity index (χ0) is 10.0. The number of nitrogens with zero attached hydrogens (tertiary/aromatic N) is 1. The minimum absolute atomic E-state index is 0.290. The van der Waals surface area contributed by atoms with Crippen molar-refractivity contribution in [2.45, 2.75) is 25.9 Å². The van der Waals surface area contributed by atoms with Crippen LogP contribution in [0, 0.1) is 5.92 Å². The molecule has 0 bridgehead atoms. The molecule has 0 aromatic heterocycles. The molecule has 0 N–H and O–H groups in total. The fraction of sp³-hybridized carbons (Fsp3) is 0.417. The first-order valence-corrected chi connectivity index (χ1v) is 4.92. The van der Waals surface area contributed by atoms with Crippen LogP contribution in [0.3, 0.4) is 0 Å². The average Bonchev–Trinajstić information content (AvgIpc) is 2.69. The lowest BCUT2D eigenvalue weighted by Gasteiger charge is -2.30. The lowest BCUT2D eigenvalue weighted by molar-refractivity contribution is -0.0593.